The molecule has 2 N–H and O–H groups in total. The smallest absolute Gasteiger partial charge is 0.118 e. The summed E-state index contributed by atoms with van der Waals surface area (Å²) in [5.41, 5.74) is 10.1. The molecule has 0 spiro atoms. The fraction of sp³-hybridized carbons (Fsp3) is 0.333. The molecule has 3 heteroatoms. The zero-order valence-electron chi connectivity index (χ0n) is 10.8. The lowest BCUT2D eigenvalue weighted by atomic mass is 9.99. The molecule has 2 aromatic rings. The summed E-state index contributed by atoms with van der Waals surface area (Å²) in [7, 11) is 1.68. The van der Waals surface area contributed by atoms with Crippen molar-refractivity contribution in [3.63, 3.8) is 0 Å². The van der Waals surface area contributed by atoms with Gasteiger partial charge in [-0.1, -0.05) is 12.1 Å². The fourth-order valence-electron chi connectivity index (χ4n) is 2.02. The van der Waals surface area contributed by atoms with Crippen molar-refractivity contribution in [2.45, 2.75) is 25.8 Å². The van der Waals surface area contributed by atoms with Gasteiger partial charge in [-0.15, -0.1) is 0 Å². The minimum absolute atomic E-state index is 0.137. The van der Waals surface area contributed by atoms with Gasteiger partial charge in [-0.2, -0.15) is 11.3 Å². The molecule has 0 aliphatic heterocycles. The van der Waals surface area contributed by atoms with E-state index in [1.807, 2.05) is 12.1 Å². The molecule has 0 fully saturated rings. The van der Waals surface area contributed by atoms with Crippen LogP contribution in [0.3, 0.4) is 0 Å². The standard InChI is InChI=1S/C15H19NOS/c1-11-9-18-10-14(11)15(16)8-5-12-3-6-13(17-2)7-4-12/h3-4,6-7,9-10,15H,5,8,16H2,1-2H3. The van der Waals surface area contributed by atoms with Gasteiger partial charge in [-0.25, -0.2) is 0 Å². The van der Waals surface area contributed by atoms with Crippen LogP contribution in [-0.4, -0.2) is 7.11 Å². The molecule has 1 unspecified atom stereocenters. The molecule has 2 nitrogen and oxygen atoms in total. The molecule has 96 valence electrons. The average molecular weight is 261 g/mol. The molecule has 2 rings (SSSR count). The van der Waals surface area contributed by atoms with Crippen LogP contribution in [0.15, 0.2) is 35.0 Å². The van der Waals surface area contributed by atoms with E-state index in [-0.39, 0.29) is 6.04 Å². The van der Waals surface area contributed by atoms with Gasteiger partial charge in [-0.05, 0) is 59.3 Å². The second-order valence-corrected chi connectivity index (χ2v) is 5.25. The summed E-state index contributed by atoms with van der Waals surface area (Å²) in [6.45, 7) is 2.12. The molecule has 1 heterocycles. The Morgan fingerprint density at radius 3 is 2.50 bits per heavy atom. The number of thiophene rings is 1. The SMILES string of the molecule is COc1ccc(CCC(N)c2cscc2C)cc1. The highest BCUT2D eigenvalue weighted by atomic mass is 32.1. The molecule has 0 radical (unpaired) electrons. The van der Waals surface area contributed by atoms with Crippen molar-refractivity contribution in [2.24, 2.45) is 5.73 Å². The van der Waals surface area contributed by atoms with Crippen molar-refractivity contribution < 1.29 is 4.74 Å². The van der Waals surface area contributed by atoms with Gasteiger partial charge >= 0.3 is 0 Å². The Morgan fingerprint density at radius 2 is 1.94 bits per heavy atom. The van der Waals surface area contributed by atoms with Crippen LogP contribution in [0.5, 0.6) is 5.75 Å². The van der Waals surface area contributed by atoms with Crippen molar-refractivity contribution in [1.29, 1.82) is 0 Å². The number of benzene rings is 1. The summed E-state index contributed by atoms with van der Waals surface area (Å²) in [4.78, 5) is 0. The van der Waals surface area contributed by atoms with Gasteiger partial charge in [-0.3, -0.25) is 0 Å². The highest BCUT2D eigenvalue weighted by Gasteiger charge is 2.09. The molecule has 0 amide bonds. The summed E-state index contributed by atoms with van der Waals surface area (Å²) in [6, 6.07) is 8.34. The molecule has 0 aliphatic rings. The van der Waals surface area contributed by atoms with E-state index >= 15 is 0 Å². The van der Waals surface area contributed by atoms with Gasteiger partial charge in [0.1, 0.15) is 5.75 Å². The first-order valence-corrected chi connectivity index (χ1v) is 7.06. The maximum Gasteiger partial charge on any atom is 0.118 e. The van der Waals surface area contributed by atoms with Crippen LogP contribution < -0.4 is 10.5 Å². The number of aryl methyl sites for hydroxylation is 2. The van der Waals surface area contributed by atoms with Crippen LogP contribution in [0.1, 0.15) is 29.2 Å². The Labute approximate surface area is 112 Å². The Hall–Kier alpha value is -1.32. The first-order valence-electron chi connectivity index (χ1n) is 6.12. The van der Waals surface area contributed by atoms with Gasteiger partial charge in [0, 0.05) is 6.04 Å². The largest absolute Gasteiger partial charge is 0.497 e. The lowest BCUT2D eigenvalue weighted by Crippen LogP contribution is -2.11. The van der Waals surface area contributed by atoms with E-state index in [2.05, 4.69) is 29.8 Å². The van der Waals surface area contributed by atoms with Crippen LogP contribution in [-0.2, 0) is 6.42 Å². The number of hydrogen-bond donors (Lipinski definition) is 1. The normalized spacial score (nSPS) is 12.4. The predicted molar refractivity (Wildman–Crippen MR) is 77.3 cm³/mol. The molecule has 0 saturated heterocycles. The molecule has 1 aromatic carbocycles. The summed E-state index contributed by atoms with van der Waals surface area (Å²) in [5.74, 6) is 0.900. The van der Waals surface area contributed by atoms with Crippen LogP contribution in [0.2, 0.25) is 0 Å². The zero-order chi connectivity index (χ0) is 13.0. The van der Waals surface area contributed by atoms with E-state index in [1.54, 1.807) is 18.4 Å². The summed E-state index contributed by atoms with van der Waals surface area (Å²) < 4.78 is 5.15. The maximum absolute atomic E-state index is 6.23. The molecular weight excluding hydrogens is 242 g/mol. The maximum atomic E-state index is 6.23. The van der Waals surface area contributed by atoms with Gasteiger partial charge in [0.05, 0.1) is 7.11 Å². The number of rotatable bonds is 5. The van der Waals surface area contributed by atoms with E-state index in [4.69, 9.17) is 10.5 Å². The van der Waals surface area contributed by atoms with Gasteiger partial charge in [0.2, 0.25) is 0 Å². The van der Waals surface area contributed by atoms with E-state index in [0.717, 1.165) is 18.6 Å². The second kappa shape index (κ2) is 6.03. The Bertz CT molecular complexity index is 489. The summed E-state index contributed by atoms with van der Waals surface area (Å²) in [6.07, 6.45) is 1.98. The first-order chi connectivity index (χ1) is 8.70. The minimum atomic E-state index is 0.137. The van der Waals surface area contributed by atoms with Crippen LogP contribution >= 0.6 is 11.3 Å². The third kappa shape index (κ3) is 3.12. The van der Waals surface area contributed by atoms with Crippen LogP contribution in [0.25, 0.3) is 0 Å². The van der Waals surface area contributed by atoms with E-state index in [9.17, 15) is 0 Å². The second-order valence-electron chi connectivity index (χ2n) is 4.50. The van der Waals surface area contributed by atoms with Gasteiger partial charge < -0.3 is 10.5 Å². The van der Waals surface area contributed by atoms with Crippen molar-refractivity contribution >= 4 is 11.3 Å². The highest BCUT2D eigenvalue weighted by molar-refractivity contribution is 7.08. The van der Waals surface area contributed by atoms with E-state index in [0.29, 0.717) is 0 Å². The third-order valence-corrected chi connectivity index (χ3v) is 4.08. The van der Waals surface area contributed by atoms with Crippen molar-refractivity contribution in [2.75, 3.05) is 7.11 Å². The fourth-order valence-corrected chi connectivity index (χ4v) is 2.94. The quantitative estimate of drug-likeness (QED) is 0.890. The molecule has 18 heavy (non-hydrogen) atoms. The van der Waals surface area contributed by atoms with Crippen LogP contribution in [0, 0.1) is 6.92 Å². The Kier molecular flexibility index (Phi) is 4.39. The Balaban J connectivity index is 1.93. The molecule has 1 aromatic heterocycles. The van der Waals surface area contributed by atoms with E-state index < -0.39 is 0 Å². The summed E-state index contributed by atoms with van der Waals surface area (Å²) in [5, 5.41) is 4.32. The minimum Gasteiger partial charge on any atom is -0.497 e. The number of nitrogens with two attached hydrogens (primary N) is 1. The topological polar surface area (TPSA) is 35.2 Å². The molecule has 0 saturated carbocycles. The van der Waals surface area contributed by atoms with Crippen molar-refractivity contribution in [1.82, 2.24) is 0 Å². The lowest BCUT2D eigenvalue weighted by Gasteiger charge is -2.11. The van der Waals surface area contributed by atoms with Crippen molar-refractivity contribution in [3.8, 4) is 5.75 Å². The lowest BCUT2D eigenvalue weighted by molar-refractivity contribution is 0.414. The number of ether oxygens (including phenoxy) is 1. The highest BCUT2D eigenvalue weighted by Crippen LogP contribution is 2.24. The third-order valence-electron chi connectivity index (χ3n) is 3.20. The van der Waals surface area contributed by atoms with Gasteiger partial charge in [0.15, 0.2) is 0 Å². The van der Waals surface area contributed by atoms with Crippen molar-refractivity contribution in [3.05, 3.63) is 51.7 Å². The molecule has 0 bridgehead atoms. The average Bonchev–Trinajstić information content (AvgIpc) is 2.83. The predicted octanol–water partition coefficient (Wildman–Crippen LogP) is 3.70. The number of methoxy groups -OCH3 is 1. The number of hydrogen-bond acceptors (Lipinski definition) is 3. The van der Waals surface area contributed by atoms with Crippen LogP contribution in [0.4, 0.5) is 0 Å². The van der Waals surface area contributed by atoms with Gasteiger partial charge in [0.25, 0.3) is 0 Å². The first kappa shape index (κ1) is 13.1. The summed E-state index contributed by atoms with van der Waals surface area (Å²) >= 11 is 1.72. The Morgan fingerprint density at radius 1 is 1.22 bits per heavy atom. The zero-order valence-corrected chi connectivity index (χ0v) is 11.7. The molecule has 1 atom stereocenters. The monoisotopic (exact) mass is 261 g/mol. The van der Waals surface area contributed by atoms with E-state index in [1.165, 1.54) is 16.7 Å². The molecule has 0 aliphatic carbocycles. The molecular formula is C15H19NOS.